The van der Waals surface area contributed by atoms with Gasteiger partial charge in [0, 0.05) is 13.1 Å². The molecule has 1 heterocycles. The quantitative estimate of drug-likeness (QED) is 0.647. The molecule has 0 saturated carbocycles. The lowest BCUT2D eigenvalue weighted by Gasteiger charge is -2.24. The summed E-state index contributed by atoms with van der Waals surface area (Å²) in [5, 5.41) is 0.0347. The van der Waals surface area contributed by atoms with Crippen molar-refractivity contribution < 1.29 is 4.39 Å². The van der Waals surface area contributed by atoms with E-state index in [0.717, 1.165) is 17.3 Å². The van der Waals surface area contributed by atoms with Gasteiger partial charge in [0.1, 0.15) is 0 Å². The molecule has 3 nitrogen and oxygen atoms in total. The van der Waals surface area contributed by atoms with Gasteiger partial charge in [-0.1, -0.05) is 60.7 Å². The Hall–Kier alpha value is -2.46. The van der Waals surface area contributed by atoms with E-state index in [9.17, 15) is 4.39 Å². The molecular formula is C18H15ClFN3. The molecule has 0 spiro atoms. The molecule has 1 aromatic heterocycles. The Kier molecular flexibility index (Phi) is 4.83. The Balaban J connectivity index is 1.94. The molecule has 0 N–H and O–H groups in total. The number of anilines is 1. The Bertz CT molecular complexity index is 724. The van der Waals surface area contributed by atoms with Crippen LogP contribution in [0.4, 0.5) is 10.2 Å². The van der Waals surface area contributed by atoms with E-state index in [-0.39, 0.29) is 11.1 Å². The summed E-state index contributed by atoms with van der Waals surface area (Å²) in [6, 6.07) is 19.7. The minimum Gasteiger partial charge on any atom is -0.345 e. The number of rotatable bonds is 5. The lowest BCUT2D eigenvalue weighted by Crippen LogP contribution is -2.24. The summed E-state index contributed by atoms with van der Waals surface area (Å²) in [4.78, 5) is 9.61. The highest BCUT2D eigenvalue weighted by Gasteiger charge is 2.16. The Labute approximate surface area is 139 Å². The molecule has 0 aliphatic heterocycles. The van der Waals surface area contributed by atoms with Crippen molar-refractivity contribution in [2.75, 3.05) is 4.90 Å². The van der Waals surface area contributed by atoms with Crippen molar-refractivity contribution in [2.45, 2.75) is 13.1 Å². The fraction of sp³-hybridized carbons (Fsp3) is 0.111. The minimum atomic E-state index is -0.485. The van der Waals surface area contributed by atoms with Gasteiger partial charge in [-0.3, -0.25) is 0 Å². The first-order chi connectivity index (χ1) is 11.2. The second-order valence-corrected chi connectivity index (χ2v) is 5.48. The van der Waals surface area contributed by atoms with E-state index in [1.54, 1.807) is 0 Å². The topological polar surface area (TPSA) is 29.0 Å². The first-order valence-electron chi connectivity index (χ1n) is 7.23. The molecule has 3 aromatic rings. The van der Waals surface area contributed by atoms with Crippen molar-refractivity contribution in [3.63, 3.8) is 0 Å². The molecule has 3 rings (SSSR count). The van der Waals surface area contributed by atoms with Gasteiger partial charge < -0.3 is 4.90 Å². The third kappa shape index (κ3) is 4.05. The van der Waals surface area contributed by atoms with Crippen LogP contribution in [0.15, 0.2) is 66.9 Å². The average molecular weight is 328 g/mol. The fourth-order valence-corrected chi connectivity index (χ4v) is 2.50. The van der Waals surface area contributed by atoms with Crippen molar-refractivity contribution >= 4 is 17.4 Å². The molecule has 0 amide bonds. The predicted octanol–water partition coefficient (Wildman–Crippen LogP) is 4.48. The highest BCUT2D eigenvalue weighted by molar-refractivity contribution is 6.28. The second-order valence-electron chi connectivity index (χ2n) is 5.14. The summed E-state index contributed by atoms with van der Waals surface area (Å²) in [6.45, 7) is 1.06. The van der Waals surface area contributed by atoms with Crippen molar-refractivity contribution in [3.05, 3.63) is 89.1 Å². The van der Waals surface area contributed by atoms with Crippen molar-refractivity contribution in [2.24, 2.45) is 0 Å². The number of hydrogen-bond donors (Lipinski definition) is 0. The number of benzene rings is 2. The van der Waals surface area contributed by atoms with Crippen LogP contribution in [0.1, 0.15) is 11.1 Å². The fourth-order valence-electron chi connectivity index (χ4n) is 2.37. The third-order valence-corrected chi connectivity index (χ3v) is 3.61. The Morgan fingerprint density at radius 1 is 0.870 bits per heavy atom. The molecule has 5 heteroatoms. The third-order valence-electron chi connectivity index (χ3n) is 3.43. The van der Waals surface area contributed by atoms with Crippen molar-refractivity contribution in [1.82, 2.24) is 9.97 Å². The maximum absolute atomic E-state index is 14.2. The summed E-state index contributed by atoms with van der Waals surface area (Å²) in [5.41, 5.74) is 2.13. The van der Waals surface area contributed by atoms with E-state index in [2.05, 4.69) is 9.97 Å². The zero-order valence-corrected chi connectivity index (χ0v) is 13.1. The molecule has 0 radical (unpaired) electrons. The van der Waals surface area contributed by atoms with Crippen LogP contribution in [-0.2, 0) is 13.1 Å². The summed E-state index contributed by atoms with van der Waals surface area (Å²) in [7, 11) is 0. The van der Waals surface area contributed by atoms with Gasteiger partial charge >= 0.3 is 0 Å². The first kappa shape index (κ1) is 15.4. The van der Waals surface area contributed by atoms with Gasteiger partial charge in [0.15, 0.2) is 11.6 Å². The molecule has 0 fully saturated rings. The van der Waals surface area contributed by atoms with E-state index in [1.807, 2.05) is 65.6 Å². The molecule has 0 bridgehead atoms. The first-order valence-corrected chi connectivity index (χ1v) is 7.61. The Morgan fingerprint density at radius 3 is 1.91 bits per heavy atom. The van der Waals surface area contributed by atoms with Gasteiger partial charge in [0.05, 0.1) is 6.20 Å². The van der Waals surface area contributed by atoms with Gasteiger partial charge in [-0.05, 0) is 22.7 Å². The van der Waals surface area contributed by atoms with Crippen molar-refractivity contribution in [3.8, 4) is 0 Å². The van der Waals surface area contributed by atoms with Crippen molar-refractivity contribution in [1.29, 1.82) is 0 Å². The largest absolute Gasteiger partial charge is 0.345 e. The highest BCUT2D eigenvalue weighted by atomic mass is 35.5. The van der Waals surface area contributed by atoms with Crippen LogP contribution < -0.4 is 4.90 Å². The predicted molar refractivity (Wildman–Crippen MR) is 89.8 cm³/mol. The lowest BCUT2D eigenvalue weighted by molar-refractivity contribution is 0.599. The normalized spacial score (nSPS) is 10.5. The van der Waals surface area contributed by atoms with E-state index in [0.29, 0.717) is 13.1 Å². The maximum atomic E-state index is 14.2. The number of nitrogens with zero attached hydrogens (tertiary/aromatic N) is 3. The average Bonchev–Trinajstić information content (AvgIpc) is 2.58. The number of halogens is 2. The molecule has 0 aliphatic rings. The van der Waals surface area contributed by atoms with Gasteiger partial charge in [-0.15, -0.1) is 0 Å². The van der Waals surface area contributed by atoms with Gasteiger partial charge in [-0.25, -0.2) is 9.37 Å². The smallest absolute Gasteiger partial charge is 0.224 e. The van der Waals surface area contributed by atoms with Gasteiger partial charge in [0.2, 0.25) is 5.28 Å². The summed E-state index contributed by atoms with van der Waals surface area (Å²) >= 11 is 5.85. The van der Waals surface area contributed by atoms with Crippen LogP contribution in [0, 0.1) is 5.82 Å². The zero-order valence-electron chi connectivity index (χ0n) is 12.4. The van der Waals surface area contributed by atoms with Crippen LogP contribution in [0.2, 0.25) is 5.28 Å². The monoisotopic (exact) mass is 327 g/mol. The minimum absolute atomic E-state index is 0.0347. The van der Waals surface area contributed by atoms with Gasteiger partial charge in [-0.2, -0.15) is 4.98 Å². The number of hydrogen-bond acceptors (Lipinski definition) is 3. The molecule has 116 valence electrons. The molecular weight excluding hydrogens is 313 g/mol. The molecule has 0 aliphatic carbocycles. The van der Waals surface area contributed by atoms with E-state index < -0.39 is 5.82 Å². The van der Waals surface area contributed by atoms with Crippen LogP contribution >= 0.6 is 11.6 Å². The van der Waals surface area contributed by atoms with Crippen LogP contribution in [0.3, 0.4) is 0 Å². The SMILES string of the molecule is Fc1cnc(Cl)nc1N(Cc1ccccc1)Cc1ccccc1. The van der Waals surface area contributed by atoms with E-state index >= 15 is 0 Å². The van der Waals surface area contributed by atoms with Gasteiger partial charge in [0.25, 0.3) is 0 Å². The summed E-state index contributed by atoms with van der Waals surface area (Å²) in [6.07, 6.45) is 1.10. The Morgan fingerprint density at radius 2 is 1.39 bits per heavy atom. The summed E-state index contributed by atoms with van der Waals surface area (Å²) in [5.74, 6) is -0.279. The molecule has 0 unspecified atom stereocenters. The molecule has 23 heavy (non-hydrogen) atoms. The summed E-state index contributed by atoms with van der Waals surface area (Å²) < 4.78 is 14.2. The van der Waals surface area contributed by atoms with E-state index in [1.165, 1.54) is 0 Å². The second kappa shape index (κ2) is 7.20. The highest BCUT2D eigenvalue weighted by Crippen LogP contribution is 2.22. The number of aromatic nitrogens is 2. The lowest BCUT2D eigenvalue weighted by atomic mass is 10.1. The standard InChI is InChI=1S/C18H15ClFN3/c19-18-21-11-16(20)17(22-18)23(12-14-7-3-1-4-8-14)13-15-9-5-2-6-10-15/h1-11H,12-13H2. The maximum Gasteiger partial charge on any atom is 0.224 e. The molecule has 2 aromatic carbocycles. The molecule has 0 atom stereocenters. The van der Waals surface area contributed by atoms with Crippen LogP contribution in [-0.4, -0.2) is 9.97 Å². The molecule has 0 saturated heterocycles. The van der Waals surface area contributed by atoms with Crippen LogP contribution in [0.25, 0.3) is 0 Å². The van der Waals surface area contributed by atoms with Crippen LogP contribution in [0.5, 0.6) is 0 Å². The van der Waals surface area contributed by atoms with E-state index in [4.69, 9.17) is 11.6 Å². The zero-order chi connectivity index (χ0) is 16.1.